The van der Waals surface area contributed by atoms with Crippen molar-refractivity contribution in [3.05, 3.63) is 44.8 Å². The van der Waals surface area contributed by atoms with Crippen LogP contribution in [0.5, 0.6) is 0 Å². The lowest BCUT2D eigenvalue weighted by atomic mass is 10.1. The SMILES string of the molecule is NC(=O)N[C@H](CC(=O)N1CCC[C@H]1c1cccs1)c1cccs1. The quantitative estimate of drug-likeness (QED) is 0.869. The predicted octanol–water partition coefficient (Wildman–Crippen LogP) is 3.27. The highest BCUT2D eigenvalue weighted by molar-refractivity contribution is 7.10. The standard InChI is InChI=1S/C16H19N3O2S2/c17-16(21)18-11(13-5-2-8-22-13)10-15(20)19-7-1-4-12(19)14-6-3-9-23-14/h2-3,5-6,8-9,11-12H,1,4,7,10H2,(H3,17,18,21)/t11-,12+/m1/s1. The third-order valence-electron chi connectivity index (χ3n) is 4.03. The Hall–Kier alpha value is -1.86. The molecule has 122 valence electrons. The molecule has 0 aliphatic carbocycles. The van der Waals surface area contributed by atoms with Crippen LogP contribution < -0.4 is 11.1 Å². The second kappa shape index (κ2) is 7.14. The number of amides is 3. The highest BCUT2D eigenvalue weighted by Crippen LogP contribution is 2.35. The Balaban J connectivity index is 1.72. The van der Waals surface area contributed by atoms with E-state index in [0.29, 0.717) is 0 Å². The van der Waals surface area contributed by atoms with Gasteiger partial charge < -0.3 is 16.0 Å². The van der Waals surface area contributed by atoms with Crippen molar-refractivity contribution >= 4 is 34.6 Å². The third-order valence-corrected chi connectivity index (χ3v) is 5.99. The van der Waals surface area contributed by atoms with Gasteiger partial charge in [-0.15, -0.1) is 22.7 Å². The molecule has 1 saturated heterocycles. The lowest BCUT2D eigenvalue weighted by Crippen LogP contribution is -2.37. The number of likely N-dealkylation sites (tertiary alicyclic amines) is 1. The molecule has 3 amide bonds. The molecule has 0 saturated carbocycles. The summed E-state index contributed by atoms with van der Waals surface area (Å²) in [6, 6.07) is 7.13. The zero-order valence-electron chi connectivity index (χ0n) is 12.6. The molecule has 5 nitrogen and oxygen atoms in total. The predicted molar refractivity (Wildman–Crippen MR) is 92.4 cm³/mol. The number of nitrogens with zero attached hydrogens (tertiary/aromatic N) is 1. The molecule has 0 radical (unpaired) electrons. The van der Waals surface area contributed by atoms with Crippen molar-refractivity contribution in [3.63, 3.8) is 0 Å². The molecule has 0 unspecified atom stereocenters. The maximum atomic E-state index is 12.8. The Morgan fingerprint density at radius 1 is 1.30 bits per heavy atom. The first-order valence-corrected chi connectivity index (χ1v) is 9.33. The van der Waals surface area contributed by atoms with E-state index in [1.165, 1.54) is 16.2 Å². The number of primary amides is 1. The Bertz CT molecular complexity index is 655. The average molecular weight is 349 g/mol. The van der Waals surface area contributed by atoms with Gasteiger partial charge in [-0.1, -0.05) is 12.1 Å². The molecule has 3 heterocycles. The molecule has 3 N–H and O–H groups in total. The summed E-state index contributed by atoms with van der Waals surface area (Å²) < 4.78 is 0. The topological polar surface area (TPSA) is 75.4 Å². The van der Waals surface area contributed by atoms with Gasteiger partial charge in [0.1, 0.15) is 0 Å². The van der Waals surface area contributed by atoms with Crippen LogP contribution >= 0.6 is 22.7 Å². The lowest BCUT2D eigenvalue weighted by molar-refractivity contribution is -0.132. The van der Waals surface area contributed by atoms with Crippen LogP contribution in [0.2, 0.25) is 0 Å². The molecule has 0 bridgehead atoms. The molecule has 1 aliphatic heterocycles. The van der Waals surface area contributed by atoms with Crippen LogP contribution in [-0.2, 0) is 4.79 Å². The van der Waals surface area contributed by atoms with Crippen LogP contribution in [0.4, 0.5) is 4.79 Å². The van der Waals surface area contributed by atoms with Gasteiger partial charge >= 0.3 is 6.03 Å². The summed E-state index contributed by atoms with van der Waals surface area (Å²) in [6.45, 7) is 0.773. The third kappa shape index (κ3) is 3.73. The number of nitrogens with one attached hydrogen (secondary N) is 1. The smallest absolute Gasteiger partial charge is 0.312 e. The van der Waals surface area contributed by atoms with Gasteiger partial charge in [0.05, 0.1) is 18.5 Å². The van der Waals surface area contributed by atoms with Crippen molar-refractivity contribution in [2.24, 2.45) is 5.73 Å². The first-order valence-electron chi connectivity index (χ1n) is 7.57. The van der Waals surface area contributed by atoms with Crippen molar-refractivity contribution in [3.8, 4) is 0 Å². The van der Waals surface area contributed by atoms with Crippen molar-refractivity contribution in [2.45, 2.75) is 31.3 Å². The fraction of sp³-hybridized carbons (Fsp3) is 0.375. The molecule has 23 heavy (non-hydrogen) atoms. The summed E-state index contributed by atoms with van der Waals surface area (Å²) >= 11 is 3.20. The van der Waals surface area contributed by atoms with Crippen molar-refractivity contribution < 1.29 is 9.59 Å². The van der Waals surface area contributed by atoms with Gasteiger partial charge in [-0.3, -0.25) is 4.79 Å². The maximum absolute atomic E-state index is 12.8. The van der Waals surface area contributed by atoms with Gasteiger partial charge in [-0.25, -0.2) is 4.79 Å². The van der Waals surface area contributed by atoms with Crippen LogP contribution in [0.3, 0.4) is 0 Å². The normalized spacial score (nSPS) is 18.8. The van der Waals surface area contributed by atoms with Gasteiger partial charge in [0.15, 0.2) is 0 Å². The number of urea groups is 1. The summed E-state index contributed by atoms with van der Waals surface area (Å²) in [5.74, 6) is 0.0630. The van der Waals surface area contributed by atoms with Gasteiger partial charge in [-0.05, 0) is 35.7 Å². The summed E-state index contributed by atoms with van der Waals surface area (Å²) in [4.78, 5) is 28.1. The summed E-state index contributed by atoms with van der Waals surface area (Å²) in [6.07, 6.45) is 2.26. The van der Waals surface area contributed by atoms with Crippen molar-refractivity contribution in [2.75, 3.05) is 6.54 Å². The van der Waals surface area contributed by atoms with Gasteiger partial charge in [0, 0.05) is 16.3 Å². The second-order valence-electron chi connectivity index (χ2n) is 5.54. The highest BCUT2D eigenvalue weighted by Gasteiger charge is 2.32. The summed E-state index contributed by atoms with van der Waals surface area (Å²) in [5, 5.41) is 6.66. The largest absolute Gasteiger partial charge is 0.352 e. The molecule has 3 rings (SSSR count). The Kier molecular flexibility index (Phi) is 4.97. The Morgan fingerprint density at radius 2 is 2.09 bits per heavy atom. The fourth-order valence-electron chi connectivity index (χ4n) is 3.02. The number of nitrogens with two attached hydrogens (primary N) is 1. The van der Waals surface area contributed by atoms with E-state index in [0.717, 1.165) is 24.3 Å². The number of carbonyl (C=O) groups excluding carboxylic acids is 2. The van der Waals surface area contributed by atoms with E-state index in [9.17, 15) is 9.59 Å². The fourth-order valence-corrected chi connectivity index (χ4v) is 4.67. The highest BCUT2D eigenvalue weighted by atomic mass is 32.1. The molecular formula is C16H19N3O2S2. The van der Waals surface area contributed by atoms with Gasteiger partial charge in [-0.2, -0.15) is 0 Å². The molecule has 1 aliphatic rings. The minimum absolute atomic E-state index is 0.0630. The Morgan fingerprint density at radius 3 is 2.74 bits per heavy atom. The molecular weight excluding hydrogens is 330 g/mol. The van der Waals surface area contributed by atoms with E-state index in [4.69, 9.17) is 5.73 Å². The molecule has 2 aromatic rings. The molecule has 2 atom stereocenters. The minimum atomic E-state index is -0.604. The number of carbonyl (C=O) groups is 2. The summed E-state index contributed by atoms with van der Waals surface area (Å²) in [7, 11) is 0. The van der Waals surface area contributed by atoms with Crippen LogP contribution in [0, 0.1) is 0 Å². The number of rotatable bonds is 5. The van der Waals surface area contributed by atoms with E-state index in [1.807, 2.05) is 33.9 Å². The second-order valence-corrected chi connectivity index (χ2v) is 7.50. The van der Waals surface area contributed by atoms with Crippen LogP contribution in [0.15, 0.2) is 35.0 Å². The van der Waals surface area contributed by atoms with Crippen LogP contribution in [-0.4, -0.2) is 23.4 Å². The van der Waals surface area contributed by atoms with E-state index in [-0.39, 0.29) is 24.4 Å². The molecule has 1 fully saturated rings. The maximum Gasteiger partial charge on any atom is 0.312 e. The van der Waals surface area contributed by atoms with E-state index >= 15 is 0 Å². The van der Waals surface area contributed by atoms with Crippen molar-refractivity contribution in [1.29, 1.82) is 0 Å². The van der Waals surface area contributed by atoms with Crippen LogP contribution in [0.25, 0.3) is 0 Å². The van der Waals surface area contributed by atoms with E-state index in [2.05, 4.69) is 11.4 Å². The lowest BCUT2D eigenvalue weighted by Gasteiger charge is -2.26. The molecule has 0 spiro atoms. The molecule has 7 heteroatoms. The zero-order valence-corrected chi connectivity index (χ0v) is 14.2. The number of thiophene rings is 2. The first kappa shape index (κ1) is 16.0. The van der Waals surface area contributed by atoms with E-state index in [1.54, 1.807) is 11.3 Å². The zero-order chi connectivity index (χ0) is 16.2. The number of hydrogen-bond donors (Lipinski definition) is 2. The van der Waals surface area contributed by atoms with Crippen LogP contribution in [0.1, 0.15) is 41.1 Å². The molecule has 2 aromatic heterocycles. The Labute approximate surface area is 143 Å². The summed E-state index contributed by atoms with van der Waals surface area (Å²) in [5.41, 5.74) is 5.26. The monoisotopic (exact) mass is 349 g/mol. The average Bonchev–Trinajstić information content (AvgIpc) is 3.25. The van der Waals surface area contributed by atoms with E-state index < -0.39 is 6.03 Å². The number of hydrogen-bond acceptors (Lipinski definition) is 4. The first-order chi connectivity index (χ1) is 11.1. The van der Waals surface area contributed by atoms with Crippen molar-refractivity contribution in [1.82, 2.24) is 10.2 Å². The van der Waals surface area contributed by atoms with Gasteiger partial charge in [0.2, 0.25) is 5.91 Å². The minimum Gasteiger partial charge on any atom is -0.352 e. The molecule has 0 aromatic carbocycles. The van der Waals surface area contributed by atoms with Gasteiger partial charge in [0.25, 0.3) is 0 Å².